The van der Waals surface area contributed by atoms with E-state index in [0.29, 0.717) is 64.0 Å². The maximum absolute atomic E-state index is 14.0. The summed E-state index contributed by atoms with van der Waals surface area (Å²) in [6, 6.07) is 11.9. The van der Waals surface area contributed by atoms with Crippen LogP contribution in [0.15, 0.2) is 52.3 Å². The third-order valence-corrected chi connectivity index (χ3v) is 10.4. The molecule has 41 heavy (non-hydrogen) atoms. The van der Waals surface area contributed by atoms with Crippen LogP contribution in [0.2, 0.25) is 5.02 Å². The molecule has 4 heterocycles. The molecule has 0 radical (unpaired) electrons. The molecule has 0 unspecified atom stereocenters. The summed E-state index contributed by atoms with van der Waals surface area (Å²) in [6.07, 6.45) is 0. The Labute approximate surface area is 248 Å². The average molecular weight is 616 g/mol. The highest BCUT2D eigenvalue weighted by Crippen LogP contribution is 2.54. The zero-order chi connectivity index (χ0) is 28.8. The van der Waals surface area contributed by atoms with Gasteiger partial charge in [0.2, 0.25) is 17.7 Å². The highest BCUT2D eigenvalue weighted by atomic mass is 35.5. The lowest BCUT2D eigenvalue weighted by atomic mass is 9.83. The number of carbonyl (C=O) groups is 3. The lowest BCUT2D eigenvalue weighted by Crippen LogP contribution is -2.43. The van der Waals surface area contributed by atoms with Gasteiger partial charge >= 0.3 is 4.87 Å². The van der Waals surface area contributed by atoms with Crippen LogP contribution in [-0.4, -0.2) is 73.0 Å². The first-order chi connectivity index (χ1) is 19.8. The Morgan fingerprint density at radius 3 is 2.39 bits per heavy atom. The standard InChI is InChI=1S/C28H26ClN3O7S2/c1-37-18-8-3-15(13-19(18)38-2)21-22-23(26(35)32(25(22)34)17-6-4-16(29)5-7-17)40-27-24(21)41-28(36)31(27)14-20(33)30-9-11-39-12-10-30/h3-8,13,21-23H,9-12,14H2,1-2H3/t21-,22-,23+/m0/s1. The second kappa shape index (κ2) is 11.2. The zero-order valence-corrected chi connectivity index (χ0v) is 24.6. The Balaban J connectivity index is 1.46. The van der Waals surface area contributed by atoms with Crippen LogP contribution in [0.4, 0.5) is 5.69 Å². The Kier molecular flexibility index (Phi) is 7.58. The minimum absolute atomic E-state index is 0.156. The third kappa shape index (κ3) is 4.82. The van der Waals surface area contributed by atoms with Crippen LogP contribution in [0, 0.1) is 5.92 Å². The normalized spacial score (nSPS) is 22.0. The molecule has 3 atom stereocenters. The highest BCUT2D eigenvalue weighted by Gasteiger charge is 2.57. The van der Waals surface area contributed by atoms with Gasteiger partial charge in [-0.05, 0) is 42.0 Å². The quantitative estimate of drug-likeness (QED) is 0.389. The first-order valence-electron chi connectivity index (χ1n) is 12.9. The Morgan fingerprint density at radius 1 is 1.00 bits per heavy atom. The van der Waals surface area contributed by atoms with Crippen molar-refractivity contribution in [3.63, 3.8) is 0 Å². The van der Waals surface area contributed by atoms with Crippen molar-refractivity contribution < 1.29 is 28.6 Å². The molecule has 0 bridgehead atoms. The number of halogens is 1. The molecule has 2 aromatic carbocycles. The number of morpholine rings is 1. The fourth-order valence-corrected chi connectivity index (χ4v) is 8.45. The second-order valence-electron chi connectivity index (χ2n) is 9.76. The molecule has 6 rings (SSSR count). The number of hydrogen-bond donors (Lipinski definition) is 0. The van der Waals surface area contributed by atoms with Crippen LogP contribution in [0.1, 0.15) is 16.4 Å². The van der Waals surface area contributed by atoms with Gasteiger partial charge in [0.1, 0.15) is 11.8 Å². The van der Waals surface area contributed by atoms with E-state index in [1.165, 1.54) is 35.4 Å². The first kappa shape index (κ1) is 27.8. The zero-order valence-electron chi connectivity index (χ0n) is 22.2. The lowest BCUT2D eigenvalue weighted by molar-refractivity contribution is -0.136. The van der Waals surface area contributed by atoms with E-state index in [0.717, 1.165) is 11.3 Å². The molecule has 10 nitrogen and oxygen atoms in total. The summed E-state index contributed by atoms with van der Waals surface area (Å²) in [4.78, 5) is 57.6. The molecule has 3 aromatic rings. The molecule has 1 aromatic heterocycles. The summed E-state index contributed by atoms with van der Waals surface area (Å²) in [6.45, 7) is 1.64. The number of methoxy groups -OCH3 is 2. The van der Waals surface area contributed by atoms with Crippen molar-refractivity contribution in [2.45, 2.75) is 22.7 Å². The van der Waals surface area contributed by atoms with Crippen LogP contribution >= 0.6 is 34.7 Å². The van der Waals surface area contributed by atoms with Gasteiger partial charge in [0, 0.05) is 28.9 Å². The number of carbonyl (C=O) groups excluding carboxylic acids is 3. The van der Waals surface area contributed by atoms with Crippen LogP contribution in [0.3, 0.4) is 0 Å². The second-order valence-corrected chi connectivity index (χ2v) is 12.3. The maximum atomic E-state index is 14.0. The summed E-state index contributed by atoms with van der Waals surface area (Å²) in [5.74, 6) is -1.38. The van der Waals surface area contributed by atoms with Gasteiger partial charge in [0.25, 0.3) is 0 Å². The molecule has 3 aliphatic heterocycles. The number of amides is 3. The molecule has 0 aliphatic carbocycles. The summed E-state index contributed by atoms with van der Waals surface area (Å²) in [5.41, 5.74) is 1.12. The van der Waals surface area contributed by atoms with E-state index in [4.69, 9.17) is 25.8 Å². The molecule has 2 saturated heterocycles. The van der Waals surface area contributed by atoms with Crippen LogP contribution in [0.5, 0.6) is 11.5 Å². The fraction of sp³-hybridized carbons (Fsp3) is 0.357. The molecule has 2 fully saturated rings. The number of ether oxygens (including phenoxy) is 3. The van der Waals surface area contributed by atoms with Gasteiger partial charge in [0.15, 0.2) is 11.5 Å². The summed E-state index contributed by atoms with van der Waals surface area (Å²) in [5, 5.41) is 0.211. The minimum atomic E-state index is -0.803. The average Bonchev–Trinajstić information content (AvgIpc) is 3.43. The molecule has 214 valence electrons. The van der Waals surface area contributed by atoms with E-state index in [1.807, 2.05) is 6.07 Å². The van der Waals surface area contributed by atoms with Gasteiger partial charge < -0.3 is 19.1 Å². The van der Waals surface area contributed by atoms with Crippen molar-refractivity contribution in [1.29, 1.82) is 0 Å². The Hall–Kier alpha value is -3.32. The highest BCUT2D eigenvalue weighted by molar-refractivity contribution is 8.00. The monoisotopic (exact) mass is 615 g/mol. The maximum Gasteiger partial charge on any atom is 0.308 e. The van der Waals surface area contributed by atoms with Gasteiger partial charge in [-0.15, -0.1) is 0 Å². The van der Waals surface area contributed by atoms with Gasteiger partial charge in [-0.2, -0.15) is 0 Å². The molecular formula is C28H26ClN3O7S2. The minimum Gasteiger partial charge on any atom is -0.493 e. The number of hydrogen-bond acceptors (Lipinski definition) is 9. The van der Waals surface area contributed by atoms with Crippen molar-refractivity contribution in [2.24, 2.45) is 5.92 Å². The smallest absolute Gasteiger partial charge is 0.308 e. The molecular weight excluding hydrogens is 590 g/mol. The van der Waals surface area contributed by atoms with E-state index in [2.05, 4.69) is 0 Å². The molecule has 0 N–H and O–H groups in total. The van der Waals surface area contributed by atoms with Crippen LogP contribution in [-0.2, 0) is 25.7 Å². The fourth-order valence-electron chi connectivity index (χ4n) is 5.55. The van der Waals surface area contributed by atoms with Gasteiger partial charge in [0.05, 0.1) is 44.1 Å². The third-order valence-electron chi connectivity index (χ3n) is 7.56. The molecule has 13 heteroatoms. The van der Waals surface area contributed by atoms with E-state index in [-0.39, 0.29) is 29.1 Å². The van der Waals surface area contributed by atoms with Gasteiger partial charge in [-0.3, -0.25) is 23.7 Å². The number of rotatable bonds is 6. The van der Waals surface area contributed by atoms with Crippen molar-refractivity contribution in [3.05, 3.63) is 67.6 Å². The Morgan fingerprint density at radius 2 is 1.71 bits per heavy atom. The molecule has 3 aliphatic rings. The topological polar surface area (TPSA) is 107 Å². The molecule has 3 amide bonds. The molecule has 0 spiro atoms. The Bertz CT molecular complexity index is 1580. The number of thiazole rings is 1. The number of nitrogens with zero attached hydrogens (tertiary/aromatic N) is 3. The van der Waals surface area contributed by atoms with Gasteiger partial charge in [-0.25, -0.2) is 4.90 Å². The SMILES string of the molecule is COc1ccc([C@@H]2c3sc(=O)n(CC(=O)N4CCOCC4)c3S[C@H]3C(=O)N(c4ccc(Cl)cc4)C(=O)[C@@H]23)cc1OC. The van der Waals surface area contributed by atoms with E-state index >= 15 is 0 Å². The summed E-state index contributed by atoms with van der Waals surface area (Å²) in [7, 11) is 3.05. The van der Waals surface area contributed by atoms with E-state index in [9.17, 15) is 19.2 Å². The largest absolute Gasteiger partial charge is 0.493 e. The number of anilines is 1. The summed E-state index contributed by atoms with van der Waals surface area (Å²) >= 11 is 8.24. The predicted molar refractivity (Wildman–Crippen MR) is 154 cm³/mol. The number of fused-ring (bicyclic) bond motifs is 2. The first-order valence-corrected chi connectivity index (χ1v) is 15.0. The van der Waals surface area contributed by atoms with Crippen molar-refractivity contribution in [3.8, 4) is 11.5 Å². The number of imide groups is 1. The van der Waals surface area contributed by atoms with Crippen molar-refractivity contribution in [2.75, 3.05) is 45.4 Å². The summed E-state index contributed by atoms with van der Waals surface area (Å²) < 4.78 is 17.7. The molecule has 0 saturated carbocycles. The number of aromatic nitrogens is 1. The number of thioether (sulfide) groups is 1. The van der Waals surface area contributed by atoms with Crippen molar-refractivity contribution >= 4 is 58.1 Å². The van der Waals surface area contributed by atoms with Crippen molar-refractivity contribution in [1.82, 2.24) is 9.47 Å². The number of benzene rings is 2. The van der Waals surface area contributed by atoms with Gasteiger partial charge in [-0.1, -0.05) is 40.8 Å². The predicted octanol–water partition coefficient (Wildman–Crippen LogP) is 3.24. The van der Waals surface area contributed by atoms with Crippen LogP contribution < -0.4 is 19.2 Å². The van der Waals surface area contributed by atoms with E-state index in [1.54, 1.807) is 41.3 Å². The van der Waals surface area contributed by atoms with E-state index < -0.39 is 17.1 Å². The van der Waals surface area contributed by atoms with Crippen LogP contribution in [0.25, 0.3) is 0 Å². The lowest BCUT2D eigenvalue weighted by Gasteiger charge is -2.31.